The van der Waals surface area contributed by atoms with Gasteiger partial charge in [-0.15, -0.1) is 0 Å². The molecule has 2 N–H and O–H groups in total. The number of rotatable bonds is 3. The van der Waals surface area contributed by atoms with Crippen molar-refractivity contribution in [3.63, 3.8) is 0 Å². The smallest absolute Gasteiger partial charge is 0.227 e. The molecule has 0 aliphatic carbocycles. The van der Waals surface area contributed by atoms with Gasteiger partial charge in [-0.05, 0) is 44.2 Å². The molecule has 0 spiro atoms. The lowest BCUT2D eigenvalue weighted by molar-refractivity contribution is 0.407. The van der Waals surface area contributed by atoms with Crippen LogP contribution < -0.4 is 15.5 Å². The standard InChI is InChI=1S/C16H21N5/c1-12-10-21(11-13(2)19-12)15-6-4-14(5-7-15)20-16-17-8-3-9-18-16/h3-9,12-13,19H,10-11H2,1-2H3,(H,17,18,20)/t12-,13+. The Bertz CT molecular complexity index is 559. The predicted octanol–water partition coefficient (Wildman–Crippen LogP) is 2.41. The fourth-order valence-corrected chi connectivity index (χ4v) is 2.79. The average Bonchev–Trinajstić information content (AvgIpc) is 2.48. The molecule has 110 valence electrons. The van der Waals surface area contributed by atoms with E-state index in [1.54, 1.807) is 18.5 Å². The number of anilines is 3. The second-order valence-corrected chi connectivity index (χ2v) is 5.62. The number of hydrogen-bond donors (Lipinski definition) is 2. The normalized spacial score (nSPS) is 22.1. The van der Waals surface area contributed by atoms with Crippen LogP contribution in [0.15, 0.2) is 42.7 Å². The first kappa shape index (κ1) is 13.8. The van der Waals surface area contributed by atoms with Crippen LogP contribution in [-0.2, 0) is 0 Å². The van der Waals surface area contributed by atoms with Crippen LogP contribution in [0.2, 0.25) is 0 Å². The van der Waals surface area contributed by atoms with E-state index in [1.165, 1.54) is 5.69 Å². The molecule has 5 heteroatoms. The van der Waals surface area contributed by atoms with Crippen LogP contribution in [0.5, 0.6) is 0 Å². The second-order valence-electron chi connectivity index (χ2n) is 5.62. The van der Waals surface area contributed by atoms with Crippen molar-refractivity contribution >= 4 is 17.3 Å². The molecule has 0 amide bonds. The molecule has 2 aromatic rings. The predicted molar refractivity (Wildman–Crippen MR) is 86.0 cm³/mol. The Morgan fingerprint density at radius 1 is 1.05 bits per heavy atom. The second kappa shape index (κ2) is 6.10. The summed E-state index contributed by atoms with van der Waals surface area (Å²) >= 11 is 0. The summed E-state index contributed by atoms with van der Waals surface area (Å²) in [7, 11) is 0. The van der Waals surface area contributed by atoms with Crippen molar-refractivity contribution in [2.24, 2.45) is 0 Å². The van der Waals surface area contributed by atoms with E-state index in [9.17, 15) is 0 Å². The zero-order chi connectivity index (χ0) is 14.7. The van der Waals surface area contributed by atoms with Gasteiger partial charge in [0, 0.05) is 48.9 Å². The summed E-state index contributed by atoms with van der Waals surface area (Å²) in [5.74, 6) is 0.620. The lowest BCUT2D eigenvalue weighted by Crippen LogP contribution is -2.54. The fraction of sp³-hybridized carbons (Fsp3) is 0.375. The molecule has 0 bridgehead atoms. The van der Waals surface area contributed by atoms with Gasteiger partial charge in [-0.25, -0.2) is 9.97 Å². The van der Waals surface area contributed by atoms with Crippen molar-refractivity contribution in [1.82, 2.24) is 15.3 Å². The largest absolute Gasteiger partial charge is 0.368 e. The third-order valence-electron chi connectivity index (χ3n) is 3.61. The van der Waals surface area contributed by atoms with Gasteiger partial charge in [-0.3, -0.25) is 0 Å². The van der Waals surface area contributed by atoms with Crippen LogP contribution in [0.3, 0.4) is 0 Å². The molecule has 3 rings (SSSR count). The van der Waals surface area contributed by atoms with Crippen molar-refractivity contribution in [3.05, 3.63) is 42.7 Å². The van der Waals surface area contributed by atoms with Gasteiger partial charge in [-0.2, -0.15) is 0 Å². The van der Waals surface area contributed by atoms with Gasteiger partial charge in [0.15, 0.2) is 0 Å². The first-order valence-corrected chi connectivity index (χ1v) is 7.36. The SMILES string of the molecule is C[C@@H]1CN(c2ccc(Nc3ncccn3)cc2)C[C@H](C)N1. The maximum absolute atomic E-state index is 4.17. The van der Waals surface area contributed by atoms with Gasteiger partial charge >= 0.3 is 0 Å². The Morgan fingerprint density at radius 2 is 1.67 bits per heavy atom. The quantitative estimate of drug-likeness (QED) is 0.906. The molecule has 0 unspecified atom stereocenters. The summed E-state index contributed by atoms with van der Waals surface area (Å²) in [6, 6.07) is 11.3. The minimum atomic E-state index is 0.518. The van der Waals surface area contributed by atoms with Gasteiger partial charge in [0.2, 0.25) is 5.95 Å². The average molecular weight is 283 g/mol. The van der Waals surface area contributed by atoms with Crippen LogP contribution in [0.25, 0.3) is 0 Å². The zero-order valence-electron chi connectivity index (χ0n) is 12.5. The molecule has 5 nitrogen and oxygen atoms in total. The molecule has 1 aromatic carbocycles. The highest BCUT2D eigenvalue weighted by Gasteiger charge is 2.20. The van der Waals surface area contributed by atoms with Gasteiger partial charge in [0.1, 0.15) is 0 Å². The first-order valence-electron chi connectivity index (χ1n) is 7.36. The Balaban J connectivity index is 1.69. The van der Waals surface area contributed by atoms with E-state index in [0.29, 0.717) is 18.0 Å². The maximum Gasteiger partial charge on any atom is 0.227 e. The summed E-state index contributed by atoms with van der Waals surface area (Å²) in [5.41, 5.74) is 2.26. The molecule has 1 aliphatic rings. The van der Waals surface area contributed by atoms with Crippen molar-refractivity contribution < 1.29 is 0 Å². The Morgan fingerprint density at radius 3 is 2.29 bits per heavy atom. The van der Waals surface area contributed by atoms with Crippen molar-refractivity contribution in [1.29, 1.82) is 0 Å². The lowest BCUT2D eigenvalue weighted by atomic mass is 10.1. The van der Waals surface area contributed by atoms with E-state index in [2.05, 4.69) is 63.6 Å². The Hall–Kier alpha value is -2.14. The molecular weight excluding hydrogens is 262 g/mol. The summed E-state index contributed by atoms with van der Waals surface area (Å²) < 4.78 is 0. The van der Waals surface area contributed by atoms with Crippen LogP contribution in [0.1, 0.15) is 13.8 Å². The van der Waals surface area contributed by atoms with Crippen LogP contribution >= 0.6 is 0 Å². The minimum absolute atomic E-state index is 0.518. The number of benzene rings is 1. The van der Waals surface area contributed by atoms with Crippen molar-refractivity contribution in [2.45, 2.75) is 25.9 Å². The Labute approximate surface area is 125 Å². The van der Waals surface area contributed by atoms with Crippen molar-refractivity contribution in [3.8, 4) is 0 Å². The number of piperazine rings is 1. The van der Waals surface area contributed by atoms with E-state index in [-0.39, 0.29) is 0 Å². The highest BCUT2D eigenvalue weighted by atomic mass is 15.2. The number of nitrogens with one attached hydrogen (secondary N) is 2. The molecule has 0 saturated carbocycles. The molecule has 2 heterocycles. The van der Waals surface area contributed by atoms with Crippen LogP contribution in [0.4, 0.5) is 17.3 Å². The molecule has 1 aliphatic heterocycles. The van der Waals surface area contributed by atoms with E-state index >= 15 is 0 Å². The van der Waals surface area contributed by atoms with E-state index in [0.717, 1.165) is 18.8 Å². The molecule has 1 aromatic heterocycles. The molecule has 21 heavy (non-hydrogen) atoms. The fourth-order valence-electron chi connectivity index (χ4n) is 2.79. The number of hydrogen-bond acceptors (Lipinski definition) is 5. The summed E-state index contributed by atoms with van der Waals surface area (Å²) in [4.78, 5) is 10.8. The summed E-state index contributed by atoms with van der Waals surface area (Å²) in [6.45, 7) is 6.54. The first-order chi connectivity index (χ1) is 10.2. The van der Waals surface area contributed by atoms with Gasteiger partial charge in [0.25, 0.3) is 0 Å². The summed E-state index contributed by atoms with van der Waals surface area (Å²) in [5, 5.41) is 6.75. The van der Waals surface area contributed by atoms with Gasteiger partial charge in [-0.1, -0.05) is 0 Å². The highest BCUT2D eigenvalue weighted by Crippen LogP contribution is 2.21. The lowest BCUT2D eigenvalue weighted by Gasteiger charge is -2.37. The number of nitrogens with zero attached hydrogens (tertiary/aromatic N) is 3. The highest BCUT2D eigenvalue weighted by molar-refractivity contribution is 5.59. The van der Waals surface area contributed by atoms with Gasteiger partial charge < -0.3 is 15.5 Å². The van der Waals surface area contributed by atoms with E-state index in [4.69, 9.17) is 0 Å². The molecule has 2 atom stereocenters. The minimum Gasteiger partial charge on any atom is -0.368 e. The maximum atomic E-state index is 4.17. The Kier molecular flexibility index (Phi) is 4.01. The third kappa shape index (κ3) is 3.49. The molecule has 1 fully saturated rings. The van der Waals surface area contributed by atoms with Crippen LogP contribution in [-0.4, -0.2) is 35.1 Å². The third-order valence-corrected chi connectivity index (χ3v) is 3.61. The zero-order valence-corrected chi connectivity index (χ0v) is 12.5. The summed E-state index contributed by atoms with van der Waals surface area (Å²) in [6.07, 6.45) is 3.46. The molecular formula is C16H21N5. The monoisotopic (exact) mass is 283 g/mol. The van der Waals surface area contributed by atoms with Crippen molar-refractivity contribution in [2.75, 3.05) is 23.3 Å². The van der Waals surface area contributed by atoms with E-state index in [1.807, 2.05) is 0 Å². The molecule has 1 saturated heterocycles. The topological polar surface area (TPSA) is 53.1 Å². The number of aromatic nitrogens is 2. The molecule has 0 radical (unpaired) electrons. The van der Waals surface area contributed by atoms with Crippen LogP contribution in [0, 0.1) is 0 Å². The van der Waals surface area contributed by atoms with E-state index < -0.39 is 0 Å². The van der Waals surface area contributed by atoms with Gasteiger partial charge in [0.05, 0.1) is 0 Å².